The Morgan fingerprint density at radius 2 is 2.07 bits per heavy atom. The summed E-state index contributed by atoms with van der Waals surface area (Å²) in [5, 5.41) is 2.80. The van der Waals surface area contributed by atoms with E-state index in [1.165, 1.54) is 0 Å². The van der Waals surface area contributed by atoms with Crippen LogP contribution in [0.15, 0.2) is 30.3 Å². The molecule has 1 saturated heterocycles. The quantitative estimate of drug-likeness (QED) is 0.720. The molecule has 2 aliphatic heterocycles. The minimum atomic E-state index is -0.112. The Bertz CT molecular complexity index is 905. The Kier molecular flexibility index (Phi) is 5.09. The zero-order chi connectivity index (χ0) is 19.7. The monoisotopic (exact) mass is 384 g/mol. The number of hydrogen-bond acceptors (Lipinski definition) is 4. The van der Waals surface area contributed by atoms with Gasteiger partial charge < -0.3 is 24.3 Å². The summed E-state index contributed by atoms with van der Waals surface area (Å²) in [6.45, 7) is 7.18. The van der Waals surface area contributed by atoms with E-state index in [4.69, 9.17) is 9.47 Å². The summed E-state index contributed by atoms with van der Waals surface area (Å²) in [5.74, 6) is 1.61. The molecule has 1 fully saturated rings. The SMILES string of the molecule is Cc1cc(C(=O)C[NH+]2CCNC(=O)C2)c(C)n1C[C@@H]1COc2ccccc2O1. The zero-order valence-electron chi connectivity index (χ0n) is 16.3. The van der Waals surface area contributed by atoms with Crippen molar-refractivity contribution < 1.29 is 24.0 Å². The van der Waals surface area contributed by atoms with Gasteiger partial charge in [-0.3, -0.25) is 9.59 Å². The molecular formula is C21H26N3O4+. The Morgan fingerprint density at radius 3 is 2.86 bits per heavy atom. The fraction of sp³-hybridized carbons (Fsp3) is 0.429. The van der Waals surface area contributed by atoms with Crippen LogP contribution in [0.3, 0.4) is 0 Å². The number of ether oxygens (including phenoxy) is 2. The molecule has 1 amide bonds. The molecular weight excluding hydrogens is 358 g/mol. The number of para-hydroxylation sites is 2. The van der Waals surface area contributed by atoms with Crippen LogP contribution < -0.4 is 19.7 Å². The Morgan fingerprint density at radius 1 is 1.29 bits per heavy atom. The van der Waals surface area contributed by atoms with Gasteiger partial charge in [0.2, 0.25) is 5.78 Å². The molecule has 0 saturated carbocycles. The second-order valence-electron chi connectivity index (χ2n) is 7.52. The summed E-state index contributed by atoms with van der Waals surface area (Å²) in [6, 6.07) is 9.60. The van der Waals surface area contributed by atoms with E-state index in [1.54, 1.807) is 0 Å². The van der Waals surface area contributed by atoms with Crippen LogP contribution in [0.4, 0.5) is 0 Å². The lowest BCUT2D eigenvalue weighted by molar-refractivity contribution is -0.884. The highest BCUT2D eigenvalue weighted by molar-refractivity contribution is 5.98. The topological polar surface area (TPSA) is 74.0 Å². The van der Waals surface area contributed by atoms with Crippen molar-refractivity contribution in [2.45, 2.75) is 26.5 Å². The molecule has 0 bridgehead atoms. The van der Waals surface area contributed by atoms with E-state index >= 15 is 0 Å². The number of carbonyl (C=O) groups excluding carboxylic acids is 2. The first-order valence-corrected chi connectivity index (χ1v) is 9.70. The molecule has 1 unspecified atom stereocenters. The number of aromatic nitrogens is 1. The van der Waals surface area contributed by atoms with E-state index in [-0.39, 0.29) is 17.8 Å². The average molecular weight is 384 g/mol. The first-order chi connectivity index (χ1) is 13.5. The number of nitrogens with zero attached hydrogens (tertiary/aromatic N) is 1. The van der Waals surface area contributed by atoms with E-state index in [0.717, 1.165) is 39.9 Å². The summed E-state index contributed by atoms with van der Waals surface area (Å²) < 4.78 is 14.0. The maximum Gasteiger partial charge on any atom is 0.275 e. The smallest absolute Gasteiger partial charge is 0.275 e. The molecule has 2 aromatic rings. The van der Waals surface area contributed by atoms with Crippen molar-refractivity contribution in [1.82, 2.24) is 9.88 Å². The van der Waals surface area contributed by atoms with Crippen LogP contribution in [0.1, 0.15) is 21.7 Å². The number of hydrogen-bond donors (Lipinski definition) is 2. The first-order valence-electron chi connectivity index (χ1n) is 9.70. The maximum atomic E-state index is 12.8. The number of benzene rings is 1. The van der Waals surface area contributed by atoms with Crippen molar-refractivity contribution in [3.8, 4) is 11.5 Å². The molecule has 1 aromatic carbocycles. The zero-order valence-corrected chi connectivity index (χ0v) is 16.3. The fourth-order valence-electron chi connectivity index (χ4n) is 3.95. The highest BCUT2D eigenvalue weighted by Gasteiger charge is 2.27. The van der Waals surface area contributed by atoms with Gasteiger partial charge in [0.05, 0.1) is 19.6 Å². The van der Waals surface area contributed by atoms with E-state index < -0.39 is 0 Å². The average Bonchev–Trinajstić information content (AvgIpc) is 2.96. The third-order valence-corrected chi connectivity index (χ3v) is 5.45. The minimum absolute atomic E-state index is 0.00857. The Labute approximate surface area is 164 Å². The number of piperazine rings is 1. The van der Waals surface area contributed by atoms with Crippen molar-refractivity contribution in [2.24, 2.45) is 0 Å². The number of Topliss-reactive ketones (excluding diaryl/α,β-unsaturated/α-hetero) is 1. The molecule has 2 N–H and O–H groups in total. The minimum Gasteiger partial charge on any atom is -0.486 e. The lowest BCUT2D eigenvalue weighted by Gasteiger charge is -2.27. The summed E-state index contributed by atoms with van der Waals surface area (Å²) in [6.07, 6.45) is -0.112. The van der Waals surface area contributed by atoms with E-state index in [9.17, 15) is 9.59 Å². The van der Waals surface area contributed by atoms with Gasteiger partial charge in [0.15, 0.2) is 24.1 Å². The van der Waals surface area contributed by atoms with Gasteiger partial charge in [-0.15, -0.1) is 0 Å². The highest BCUT2D eigenvalue weighted by atomic mass is 16.6. The van der Waals surface area contributed by atoms with Crippen LogP contribution in [0, 0.1) is 13.8 Å². The van der Waals surface area contributed by atoms with Crippen molar-refractivity contribution in [2.75, 3.05) is 32.8 Å². The number of carbonyl (C=O) groups is 2. The molecule has 1 aromatic heterocycles. The van der Waals surface area contributed by atoms with Crippen LogP contribution in [-0.2, 0) is 11.3 Å². The van der Waals surface area contributed by atoms with Crippen LogP contribution in [-0.4, -0.2) is 55.1 Å². The van der Waals surface area contributed by atoms with Crippen molar-refractivity contribution in [3.63, 3.8) is 0 Å². The second-order valence-corrected chi connectivity index (χ2v) is 7.52. The second kappa shape index (κ2) is 7.67. The van der Waals surface area contributed by atoms with Gasteiger partial charge in [-0.1, -0.05) is 12.1 Å². The van der Waals surface area contributed by atoms with E-state index in [0.29, 0.717) is 32.8 Å². The largest absolute Gasteiger partial charge is 0.486 e. The van der Waals surface area contributed by atoms with Crippen molar-refractivity contribution >= 4 is 11.7 Å². The predicted octanol–water partition coefficient (Wildman–Crippen LogP) is 0.142. The van der Waals surface area contributed by atoms with E-state index in [2.05, 4.69) is 9.88 Å². The van der Waals surface area contributed by atoms with Crippen LogP contribution in [0.5, 0.6) is 11.5 Å². The molecule has 0 aliphatic carbocycles. The molecule has 0 radical (unpaired) electrons. The molecule has 7 heteroatoms. The summed E-state index contributed by atoms with van der Waals surface area (Å²) in [7, 11) is 0. The third-order valence-electron chi connectivity index (χ3n) is 5.45. The summed E-state index contributed by atoms with van der Waals surface area (Å²) in [5.41, 5.74) is 2.69. The molecule has 3 heterocycles. The molecule has 2 atom stereocenters. The van der Waals surface area contributed by atoms with Gasteiger partial charge in [0, 0.05) is 17.0 Å². The molecule has 2 aliphatic rings. The van der Waals surface area contributed by atoms with Gasteiger partial charge in [0.1, 0.15) is 13.2 Å². The van der Waals surface area contributed by atoms with Crippen LogP contribution in [0.25, 0.3) is 0 Å². The van der Waals surface area contributed by atoms with Gasteiger partial charge in [0.25, 0.3) is 5.91 Å². The number of amides is 1. The fourth-order valence-corrected chi connectivity index (χ4v) is 3.95. The molecule has 148 valence electrons. The van der Waals surface area contributed by atoms with E-state index in [1.807, 2.05) is 44.2 Å². The molecule has 28 heavy (non-hydrogen) atoms. The van der Waals surface area contributed by atoms with Gasteiger partial charge >= 0.3 is 0 Å². The maximum absolute atomic E-state index is 12.8. The van der Waals surface area contributed by atoms with Gasteiger partial charge in [-0.2, -0.15) is 0 Å². The highest BCUT2D eigenvalue weighted by Crippen LogP contribution is 2.31. The van der Waals surface area contributed by atoms with Crippen molar-refractivity contribution in [3.05, 3.63) is 47.3 Å². The van der Waals surface area contributed by atoms with Gasteiger partial charge in [-0.25, -0.2) is 0 Å². The normalized spacial score (nSPS) is 21.3. The predicted molar refractivity (Wildman–Crippen MR) is 103 cm³/mol. The summed E-state index contributed by atoms with van der Waals surface area (Å²) in [4.78, 5) is 25.4. The lowest BCUT2D eigenvalue weighted by Crippen LogP contribution is -3.16. The summed E-state index contributed by atoms with van der Waals surface area (Å²) >= 11 is 0. The lowest BCUT2D eigenvalue weighted by atomic mass is 10.1. The third kappa shape index (κ3) is 3.75. The number of ketones is 1. The van der Waals surface area contributed by atoms with Crippen LogP contribution >= 0.6 is 0 Å². The standard InChI is InChI=1S/C21H25N3O4/c1-14-9-17(18(25)11-23-8-7-22-21(26)12-23)15(2)24(14)10-16-13-27-19-5-3-4-6-20(19)28-16/h3-6,9,16H,7-8,10-13H2,1-2H3,(H,22,26)/p+1/t16-/m1/s1. The van der Waals surface area contributed by atoms with Crippen LogP contribution in [0.2, 0.25) is 0 Å². The number of fused-ring (bicyclic) bond motifs is 1. The Balaban J connectivity index is 1.45. The number of nitrogens with one attached hydrogen (secondary N) is 2. The van der Waals surface area contributed by atoms with Crippen molar-refractivity contribution in [1.29, 1.82) is 0 Å². The molecule has 4 rings (SSSR count). The number of quaternary nitrogens is 1. The van der Waals surface area contributed by atoms with Gasteiger partial charge in [-0.05, 0) is 32.0 Å². The molecule has 0 spiro atoms. The Hall–Kier alpha value is -2.80. The first kappa shape index (κ1) is 18.6. The molecule has 7 nitrogen and oxygen atoms in total. The number of aryl methyl sites for hydroxylation is 1. The number of rotatable bonds is 5.